The standard InChI is InChI=1S/C12H12F4O3/c1-6(2)10(17)7-3-4-8-9(5-7)19-12(15,16)11(13,14)18-8/h3-6,10,17H,1-2H3. The summed E-state index contributed by atoms with van der Waals surface area (Å²) in [4.78, 5) is 0. The second kappa shape index (κ2) is 4.26. The third kappa shape index (κ3) is 2.34. The average molecular weight is 280 g/mol. The van der Waals surface area contributed by atoms with Crippen molar-refractivity contribution >= 4 is 0 Å². The highest BCUT2D eigenvalue weighted by atomic mass is 19.3. The van der Waals surface area contributed by atoms with Crippen LogP contribution in [0, 0.1) is 5.92 Å². The lowest BCUT2D eigenvalue weighted by Gasteiger charge is -2.32. The minimum Gasteiger partial charge on any atom is -0.421 e. The Morgan fingerprint density at radius 2 is 1.53 bits per heavy atom. The van der Waals surface area contributed by atoms with Crippen LogP contribution in [0.1, 0.15) is 25.5 Å². The lowest BCUT2D eigenvalue weighted by molar-refractivity contribution is -0.391. The largest absolute Gasteiger partial charge is 0.507 e. The van der Waals surface area contributed by atoms with Crippen molar-refractivity contribution in [3.8, 4) is 11.5 Å². The van der Waals surface area contributed by atoms with Gasteiger partial charge < -0.3 is 14.6 Å². The molecule has 0 fully saturated rings. The molecule has 0 bridgehead atoms. The van der Waals surface area contributed by atoms with Gasteiger partial charge in [-0.25, -0.2) is 0 Å². The second-order valence-electron chi connectivity index (χ2n) is 4.63. The Labute approximate surface area is 106 Å². The molecule has 1 aromatic carbocycles. The third-order valence-corrected chi connectivity index (χ3v) is 2.76. The number of halogens is 4. The Hall–Kier alpha value is -1.50. The Bertz CT molecular complexity index is 488. The van der Waals surface area contributed by atoms with Crippen molar-refractivity contribution in [1.29, 1.82) is 0 Å². The van der Waals surface area contributed by atoms with Gasteiger partial charge in [-0.3, -0.25) is 0 Å². The monoisotopic (exact) mass is 280 g/mol. The predicted molar refractivity (Wildman–Crippen MR) is 57.4 cm³/mol. The van der Waals surface area contributed by atoms with Crippen LogP contribution in [0.2, 0.25) is 0 Å². The Kier molecular flexibility index (Phi) is 3.12. The SMILES string of the molecule is CC(C)C(O)c1ccc2c(c1)OC(F)(F)C(F)(F)O2. The summed E-state index contributed by atoms with van der Waals surface area (Å²) in [6.45, 7) is 3.45. The number of alkyl halides is 4. The molecule has 1 atom stereocenters. The first-order valence-electron chi connectivity index (χ1n) is 5.60. The number of ether oxygens (including phenoxy) is 2. The zero-order chi connectivity index (χ0) is 14.4. The maximum Gasteiger partial charge on any atom is 0.507 e. The summed E-state index contributed by atoms with van der Waals surface area (Å²) in [5, 5.41) is 9.80. The van der Waals surface area contributed by atoms with Crippen molar-refractivity contribution in [2.45, 2.75) is 32.2 Å². The Morgan fingerprint density at radius 1 is 1.00 bits per heavy atom. The smallest absolute Gasteiger partial charge is 0.421 e. The first-order valence-corrected chi connectivity index (χ1v) is 5.60. The zero-order valence-electron chi connectivity index (χ0n) is 10.2. The maximum absolute atomic E-state index is 13.0. The number of fused-ring (bicyclic) bond motifs is 1. The maximum atomic E-state index is 13.0. The van der Waals surface area contributed by atoms with E-state index in [2.05, 4.69) is 9.47 Å². The van der Waals surface area contributed by atoms with Crippen LogP contribution >= 0.6 is 0 Å². The van der Waals surface area contributed by atoms with E-state index >= 15 is 0 Å². The molecule has 0 radical (unpaired) electrons. The zero-order valence-corrected chi connectivity index (χ0v) is 10.2. The summed E-state index contributed by atoms with van der Waals surface area (Å²) in [7, 11) is 0. The first-order chi connectivity index (χ1) is 8.64. The average Bonchev–Trinajstić information content (AvgIpc) is 2.28. The summed E-state index contributed by atoms with van der Waals surface area (Å²) < 4.78 is 59.7. The summed E-state index contributed by atoms with van der Waals surface area (Å²) in [6, 6.07) is 3.47. The normalized spacial score (nSPS) is 21.3. The van der Waals surface area contributed by atoms with Gasteiger partial charge in [0, 0.05) is 0 Å². The lowest BCUT2D eigenvalue weighted by Crippen LogP contribution is -2.52. The number of hydrogen-bond acceptors (Lipinski definition) is 3. The molecular weight excluding hydrogens is 268 g/mol. The minimum absolute atomic E-state index is 0.162. The highest BCUT2D eigenvalue weighted by Crippen LogP contribution is 2.47. The number of hydrogen-bond donors (Lipinski definition) is 1. The van der Waals surface area contributed by atoms with Crippen LogP contribution in [-0.2, 0) is 0 Å². The van der Waals surface area contributed by atoms with E-state index in [-0.39, 0.29) is 5.92 Å². The molecule has 2 rings (SSSR count). The Morgan fingerprint density at radius 3 is 2.05 bits per heavy atom. The number of aliphatic hydroxyl groups excluding tert-OH is 1. The van der Waals surface area contributed by atoms with Gasteiger partial charge in [-0.2, -0.15) is 17.6 Å². The molecule has 0 aromatic heterocycles. The van der Waals surface area contributed by atoms with Crippen molar-refractivity contribution in [3.05, 3.63) is 23.8 Å². The fraction of sp³-hybridized carbons (Fsp3) is 0.500. The molecule has 0 saturated carbocycles. The molecule has 0 spiro atoms. The van der Waals surface area contributed by atoms with Gasteiger partial charge in [-0.05, 0) is 23.6 Å². The molecule has 0 amide bonds. The summed E-state index contributed by atoms with van der Waals surface area (Å²) in [6.07, 6.45) is -10.4. The van der Waals surface area contributed by atoms with Crippen LogP contribution in [0.4, 0.5) is 17.6 Å². The molecule has 7 heteroatoms. The quantitative estimate of drug-likeness (QED) is 0.844. The van der Waals surface area contributed by atoms with Gasteiger partial charge in [-0.15, -0.1) is 0 Å². The summed E-state index contributed by atoms with van der Waals surface area (Å²) in [5.41, 5.74) is 0.290. The molecule has 1 aliphatic heterocycles. The van der Waals surface area contributed by atoms with Crippen LogP contribution in [0.15, 0.2) is 18.2 Å². The number of aliphatic hydroxyl groups is 1. The fourth-order valence-corrected chi connectivity index (χ4v) is 1.65. The number of benzene rings is 1. The molecule has 106 valence electrons. The molecular formula is C12H12F4O3. The van der Waals surface area contributed by atoms with E-state index in [4.69, 9.17) is 0 Å². The summed E-state index contributed by atoms with van der Waals surface area (Å²) in [5.74, 6) is -1.17. The van der Waals surface area contributed by atoms with Crippen molar-refractivity contribution in [3.63, 3.8) is 0 Å². The molecule has 1 heterocycles. The summed E-state index contributed by atoms with van der Waals surface area (Å²) >= 11 is 0. The van der Waals surface area contributed by atoms with E-state index in [1.54, 1.807) is 13.8 Å². The van der Waals surface area contributed by atoms with Crippen LogP contribution in [0.5, 0.6) is 11.5 Å². The van der Waals surface area contributed by atoms with Crippen molar-refractivity contribution < 1.29 is 32.1 Å². The van der Waals surface area contributed by atoms with Gasteiger partial charge in [0.15, 0.2) is 11.5 Å². The third-order valence-electron chi connectivity index (χ3n) is 2.76. The van der Waals surface area contributed by atoms with E-state index in [1.165, 1.54) is 6.07 Å². The molecule has 1 unspecified atom stereocenters. The van der Waals surface area contributed by atoms with Gasteiger partial charge in [0.25, 0.3) is 0 Å². The topological polar surface area (TPSA) is 38.7 Å². The van der Waals surface area contributed by atoms with Crippen LogP contribution < -0.4 is 9.47 Å². The van der Waals surface area contributed by atoms with Gasteiger partial charge >= 0.3 is 12.2 Å². The number of rotatable bonds is 2. The van der Waals surface area contributed by atoms with E-state index in [0.29, 0.717) is 5.56 Å². The highest BCUT2D eigenvalue weighted by molar-refractivity contribution is 5.45. The van der Waals surface area contributed by atoms with Crippen molar-refractivity contribution in [2.75, 3.05) is 0 Å². The molecule has 1 aromatic rings. The van der Waals surface area contributed by atoms with E-state index in [9.17, 15) is 22.7 Å². The predicted octanol–water partition coefficient (Wildman–Crippen LogP) is 3.33. The highest BCUT2D eigenvalue weighted by Gasteiger charge is 2.65. The molecule has 3 nitrogen and oxygen atoms in total. The van der Waals surface area contributed by atoms with Crippen LogP contribution in [0.25, 0.3) is 0 Å². The van der Waals surface area contributed by atoms with E-state index < -0.39 is 29.8 Å². The molecule has 1 aliphatic rings. The first kappa shape index (κ1) is 13.9. The lowest BCUT2D eigenvalue weighted by atomic mass is 9.99. The van der Waals surface area contributed by atoms with Gasteiger partial charge in [0.1, 0.15) is 0 Å². The molecule has 1 N–H and O–H groups in total. The van der Waals surface area contributed by atoms with Gasteiger partial charge in [-0.1, -0.05) is 19.9 Å². The minimum atomic E-state index is -4.75. The Balaban J connectivity index is 2.38. The van der Waals surface area contributed by atoms with Crippen molar-refractivity contribution in [2.24, 2.45) is 5.92 Å². The fourth-order valence-electron chi connectivity index (χ4n) is 1.65. The molecule has 0 aliphatic carbocycles. The molecule has 0 saturated heterocycles. The van der Waals surface area contributed by atoms with E-state index in [0.717, 1.165) is 12.1 Å². The van der Waals surface area contributed by atoms with Crippen LogP contribution in [-0.4, -0.2) is 17.3 Å². The molecule has 19 heavy (non-hydrogen) atoms. The van der Waals surface area contributed by atoms with Gasteiger partial charge in [0.2, 0.25) is 0 Å². The van der Waals surface area contributed by atoms with E-state index in [1.807, 2.05) is 0 Å². The van der Waals surface area contributed by atoms with Gasteiger partial charge in [0.05, 0.1) is 6.10 Å². The van der Waals surface area contributed by atoms with Crippen molar-refractivity contribution in [1.82, 2.24) is 0 Å². The second-order valence-corrected chi connectivity index (χ2v) is 4.63. The van der Waals surface area contributed by atoms with Crippen LogP contribution in [0.3, 0.4) is 0 Å².